The van der Waals surface area contributed by atoms with Gasteiger partial charge in [-0.1, -0.05) is 47.7 Å². The number of furan rings is 1. The summed E-state index contributed by atoms with van der Waals surface area (Å²) in [5.41, 5.74) is 6.01. The lowest BCUT2D eigenvalue weighted by Crippen LogP contribution is -2.31. The molecule has 0 N–H and O–H groups in total. The fourth-order valence-electron chi connectivity index (χ4n) is 4.47. The molecule has 7 nitrogen and oxygen atoms in total. The molecule has 5 rings (SSSR count). The van der Waals surface area contributed by atoms with Gasteiger partial charge in [-0.15, -0.1) is 17.5 Å². The van der Waals surface area contributed by atoms with E-state index in [1.807, 2.05) is 19.1 Å². The van der Waals surface area contributed by atoms with Crippen LogP contribution in [0.25, 0.3) is 5.69 Å². The maximum absolute atomic E-state index is 13.0. The number of benzene rings is 2. The molecule has 3 heterocycles. The first-order valence-electron chi connectivity index (χ1n) is 11.2. The van der Waals surface area contributed by atoms with Crippen molar-refractivity contribution in [1.29, 1.82) is 0 Å². The average Bonchev–Trinajstić information content (AvgIpc) is 3.48. The van der Waals surface area contributed by atoms with Crippen molar-refractivity contribution < 1.29 is 9.21 Å². The highest BCUT2D eigenvalue weighted by Gasteiger charge is 2.25. The van der Waals surface area contributed by atoms with Crippen LogP contribution in [0.3, 0.4) is 0 Å². The summed E-state index contributed by atoms with van der Waals surface area (Å²) >= 11 is 0. The fraction of sp³-hybridized carbons (Fsp3) is 0.269. The number of carbonyl (C=O) groups excluding carboxylic acids is 1. The molecule has 0 bridgehead atoms. The smallest absolute Gasteiger partial charge is 0.276 e. The molecule has 0 saturated carbocycles. The van der Waals surface area contributed by atoms with Gasteiger partial charge in [0.25, 0.3) is 5.91 Å². The first kappa shape index (κ1) is 23.7. The first-order chi connectivity index (χ1) is 16.1. The predicted octanol–water partition coefficient (Wildman–Crippen LogP) is 4.42. The minimum Gasteiger partial charge on any atom is -0.467 e. The van der Waals surface area contributed by atoms with Crippen LogP contribution in [0.5, 0.6) is 0 Å². The van der Waals surface area contributed by atoms with Gasteiger partial charge in [0.2, 0.25) is 0 Å². The zero-order valence-corrected chi connectivity index (χ0v) is 20.2. The molecule has 8 heteroatoms. The molecule has 1 amide bonds. The van der Waals surface area contributed by atoms with Gasteiger partial charge in [-0.3, -0.25) is 9.69 Å². The van der Waals surface area contributed by atoms with Crippen LogP contribution in [0, 0.1) is 6.92 Å². The van der Waals surface area contributed by atoms with Gasteiger partial charge in [-0.2, -0.15) is 0 Å². The Bertz CT molecular complexity index is 1250. The molecule has 1 aliphatic heterocycles. The Kier molecular flexibility index (Phi) is 7.14. The van der Waals surface area contributed by atoms with E-state index in [4.69, 9.17) is 4.42 Å². The Morgan fingerprint density at radius 2 is 1.91 bits per heavy atom. The third kappa shape index (κ3) is 4.76. The van der Waals surface area contributed by atoms with Gasteiger partial charge < -0.3 is 9.32 Å². The van der Waals surface area contributed by atoms with Gasteiger partial charge >= 0.3 is 0 Å². The Morgan fingerprint density at radius 3 is 2.68 bits per heavy atom. The lowest BCUT2D eigenvalue weighted by molar-refractivity contribution is 0.0769. The van der Waals surface area contributed by atoms with Gasteiger partial charge in [0.15, 0.2) is 5.69 Å². The summed E-state index contributed by atoms with van der Waals surface area (Å²) in [7, 11) is 1.75. The molecule has 0 saturated heterocycles. The van der Waals surface area contributed by atoms with Gasteiger partial charge in [0, 0.05) is 26.7 Å². The lowest BCUT2D eigenvalue weighted by atomic mass is 9.97. The van der Waals surface area contributed by atoms with Crippen molar-refractivity contribution in [3.05, 3.63) is 101 Å². The molecule has 1 aliphatic rings. The molecule has 0 aliphatic carbocycles. The maximum atomic E-state index is 13.0. The second-order valence-corrected chi connectivity index (χ2v) is 8.54. The number of amides is 1. The topological polar surface area (TPSA) is 67.4 Å². The molecule has 176 valence electrons. The molecule has 4 aromatic rings. The van der Waals surface area contributed by atoms with Crippen LogP contribution in [0.4, 0.5) is 0 Å². The zero-order valence-electron chi connectivity index (χ0n) is 19.3. The van der Waals surface area contributed by atoms with Crippen LogP contribution in [-0.2, 0) is 26.1 Å². The molecular formula is C26H28ClN5O2. The minimum atomic E-state index is -0.172. The van der Waals surface area contributed by atoms with E-state index in [2.05, 4.69) is 63.7 Å². The van der Waals surface area contributed by atoms with Crippen LogP contribution in [0.1, 0.15) is 38.6 Å². The van der Waals surface area contributed by atoms with Crippen LogP contribution < -0.4 is 0 Å². The molecule has 0 spiro atoms. The molecule has 2 aromatic carbocycles. The van der Waals surface area contributed by atoms with Crippen LogP contribution in [0.15, 0.2) is 71.3 Å². The number of carbonyl (C=O) groups is 1. The second-order valence-electron chi connectivity index (χ2n) is 8.54. The van der Waals surface area contributed by atoms with Crippen LogP contribution in [0.2, 0.25) is 0 Å². The Hall–Kier alpha value is -3.42. The summed E-state index contributed by atoms with van der Waals surface area (Å²) in [5.74, 6) is 0.557. The fourth-order valence-corrected chi connectivity index (χ4v) is 4.47. The number of hydrogen-bond donors (Lipinski definition) is 0. The van der Waals surface area contributed by atoms with E-state index in [9.17, 15) is 4.79 Å². The van der Waals surface area contributed by atoms with E-state index in [-0.39, 0.29) is 18.3 Å². The third-order valence-electron chi connectivity index (χ3n) is 6.21. The number of fused-ring (bicyclic) bond motifs is 1. The number of hydrogen-bond acceptors (Lipinski definition) is 5. The van der Waals surface area contributed by atoms with E-state index in [0.29, 0.717) is 12.2 Å². The Labute approximate surface area is 205 Å². The first-order valence-corrected chi connectivity index (χ1v) is 11.2. The normalized spacial score (nSPS) is 13.2. The monoisotopic (exact) mass is 477 g/mol. The SMILES string of the molecule is Cc1c(C(=O)N(C)Cc2ccco2)nnn1-c1cccc2c1CCN(Cc1ccccc1)C2.Cl. The van der Waals surface area contributed by atoms with Crippen molar-refractivity contribution in [2.45, 2.75) is 33.0 Å². The molecule has 2 aromatic heterocycles. The van der Waals surface area contributed by atoms with Crippen molar-refractivity contribution in [1.82, 2.24) is 24.8 Å². The van der Waals surface area contributed by atoms with Crippen molar-refractivity contribution >= 4 is 18.3 Å². The third-order valence-corrected chi connectivity index (χ3v) is 6.21. The van der Waals surface area contributed by atoms with E-state index in [0.717, 1.165) is 43.2 Å². The number of halogens is 1. The Balaban J connectivity index is 0.00000274. The second kappa shape index (κ2) is 10.2. The molecule has 0 atom stereocenters. The van der Waals surface area contributed by atoms with Gasteiger partial charge in [-0.05, 0) is 48.2 Å². The number of nitrogens with zero attached hydrogens (tertiary/aromatic N) is 5. The summed E-state index contributed by atoms with van der Waals surface area (Å²) < 4.78 is 7.17. The van der Waals surface area contributed by atoms with Crippen molar-refractivity contribution in [2.24, 2.45) is 0 Å². The van der Waals surface area contributed by atoms with E-state index in [1.54, 1.807) is 22.9 Å². The van der Waals surface area contributed by atoms with Crippen molar-refractivity contribution in [3.63, 3.8) is 0 Å². The largest absolute Gasteiger partial charge is 0.467 e. The standard InChI is InChI=1S/C26H27N5O2.ClH/c1-19-25(26(32)29(2)18-22-11-7-15-33-22)27-28-31(19)24-12-6-10-21-17-30(14-13-23(21)24)16-20-8-4-3-5-9-20;/h3-12,15H,13-14,16-18H2,1-2H3;1H. The highest BCUT2D eigenvalue weighted by molar-refractivity contribution is 5.93. The highest BCUT2D eigenvalue weighted by atomic mass is 35.5. The summed E-state index contributed by atoms with van der Waals surface area (Å²) in [4.78, 5) is 17.1. The summed E-state index contributed by atoms with van der Waals surface area (Å²) in [5, 5.41) is 8.61. The zero-order chi connectivity index (χ0) is 22.8. The van der Waals surface area contributed by atoms with E-state index >= 15 is 0 Å². The lowest BCUT2D eigenvalue weighted by Gasteiger charge is -2.30. The van der Waals surface area contributed by atoms with Crippen LogP contribution in [-0.4, -0.2) is 44.3 Å². The quantitative estimate of drug-likeness (QED) is 0.411. The minimum absolute atomic E-state index is 0. The van der Waals surface area contributed by atoms with Crippen molar-refractivity contribution in [3.8, 4) is 5.69 Å². The van der Waals surface area contributed by atoms with Gasteiger partial charge in [-0.25, -0.2) is 4.68 Å². The summed E-state index contributed by atoms with van der Waals surface area (Å²) in [6, 6.07) is 20.5. The van der Waals surface area contributed by atoms with Gasteiger partial charge in [0.05, 0.1) is 24.2 Å². The molecule has 34 heavy (non-hydrogen) atoms. The summed E-state index contributed by atoms with van der Waals surface area (Å²) in [6.07, 6.45) is 2.54. The van der Waals surface area contributed by atoms with Crippen molar-refractivity contribution in [2.75, 3.05) is 13.6 Å². The van der Waals surface area contributed by atoms with Gasteiger partial charge in [0.1, 0.15) is 5.76 Å². The highest BCUT2D eigenvalue weighted by Crippen LogP contribution is 2.27. The van der Waals surface area contributed by atoms with Crippen LogP contribution >= 0.6 is 12.4 Å². The Morgan fingerprint density at radius 1 is 1.09 bits per heavy atom. The molecule has 0 unspecified atom stereocenters. The van der Waals surface area contributed by atoms with E-state index < -0.39 is 0 Å². The average molecular weight is 478 g/mol. The maximum Gasteiger partial charge on any atom is 0.276 e. The molecular weight excluding hydrogens is 450 g/mol. The molecule has 0 radical (unpaired) electrons. The summed E-state index contributed by atoms with van der Waals surface area (Å²) in [6.45, 7) is 5.09. The number of rotatable bonds is 6. The predicted molar refractivity (Wildman–Crippen MR) is 132 cm³/mol. The number of aromatic nitrogens is 3. The van der Waals surface area contributed by atoms with E-state index in [1.165, 1.54) is 16.7 Å². The molecule has 0 fully saturated rings.